The van der Waals surface area contributed by atoms with Gasteiger partial charge in [0.1, 0.15) is 0 Å². The average molecular weight is 165 g/mol. The van der Waals surface area contributed by atoms with E-state index in [9.17, 15) is 0 Å². The maximum absolute atomic E-state index is 3.96. The zero-order valence-corrected chi connectivity index (χ0v) is 8.43. The van der Waals surface area contributed by atoms with Gasteiger partial charge in [0, 0.05) is 0 Å². The van der Waals surface area contributed by atoms with E-state index < -0.39 is 0 Å². The van der Waals surface area contributed by atoms with Crippen molar-refractivity contribution >= 4 is 6.72 Å². The zero-order chi connectivity index (χ0) is 9.56. The van der Waals surface area contributed by atoms with Crippen molar-refractivity contribution in [3.8, 4) is 0 Å². The highest BCUT2D eigenvalue weighted by Gasteiger charge is 2.00. The molecule has 0 amide bonds. The second-order valence-corrected chi connectivity index (χ2v) is 3.34. The summed E-state index contributed by atoms with van der Waals surface area (Å²) < 4.78 is 0. The molecule has 1 atom stereocenters. The molecule has 0 saturated heterocycles. The molecule has 1 heteroatoms. The van der Waals surface area contributed by atoms with Gasteiger partial charge in [-0.25, -0.2) is 0 Å². The molecule has 0 heterocycles. The van der Waals surface area contributed by atoms with E-state index in [2.05, 4.69) is 38.2 Å². The van der Waals surface area contributed by atoms with Crippen LogP contribution >= 0.6 is 0 Å². The van der Waals surface area contributed by atoms with Crippen LogP contribution in [-0.4, -0.2) is 12.8 Å². The zero-order valence-electron chi connectivity index (χ0n) is 8.43. The lowest BCUT2D eigenvalue weighted by Gasteiger charge is -2.07. The van der Waals surface area contributed by atoms with Crippen LogP contribution in [0.4, 0.5) is 0 Å². The Morgan fingerprint density at radius 2 is 2.08 bits per heavy atom. The van der Waals surface area contributed by atoms with Gasteiger partial charge in [-0.1, -0.05) is 23.8 Å². The number of hydrogen-bond donors (Lipinski definition) is 0. The topological polar surface area (TPSA) is 12.4 Å². The van der Waals surface area contributed by atoms with E-state index in [0.29, 0.717) is 0 Å². The molecule has 1 unspecified atom stereocenters. The Morgan fingerprint density at radius 3 is 2.50 bits per heavy atom. The first-order chi connectivity index (χ1) is 5.57. The maximum Gasteiger partial charge on any atom is 0.0671 e. The molecular weight excluding hydrogens is 146 g/mol. The lowest BCUT2D eigenvalue weighted by molar-refractivity contribution is 0.798. The molecule has 0 aliphatic rings. The Morgan fingerprint density at radius 1 is 1.50 bits per heavy atom. The molecule has 12 heavy (non-hydrogen) atoms. The van der Waals surface area contributed by atoms with E-state index in [1.54, 1.807) is 0 Å². The first kappa shape index (κ1) is 11.2. The Hall–Kier alpha value is -0.850. The first-order valence-electron chi connectivity index (χ1n) is 4.34. The van der Waals surface area contributed by atoms with E-state index in [1.807, 2.05) is 6.92 Å². The van der Waals surface area contributed by atoms with Gasteiger partial charge >= 0.3 is 0 Å². The number of hydrogen-bond acceptors (Lipinski definition) is 1. The first-order valence-corrected chi connectivity index (χ1v) is 4.34. The van der Waals surface area contributed by atoms with E-state index in [-0.39, 0.29) is 6.04 Å². The van der Waals surface area contributed by atoms with Gasteiger partial charge in [0.15, 0.2) is 0 Å². The van der Waals surface area contributed by atoms with E-state index in [4.69, 9.17) is 0 Å². The SMILES string of the molecule is C=NC(C)C(=C)CCC=C(C)C. The highest BCUT2D eigenvalue weighted by atomic mass is 14.7. The minimum atomic E-state index is 0.204. The van der Waals surface area contributed by atoms with Gasteiger partial charge < -0.3 is 0 Å². The van der Waals surface area contributed by atoms with Gasteiger partial charge in [0.25, 0.3) is 0 Å². The molecule has 0 aromatic rings. The van der Waals surface area contributed by atoms with Crippen molar-refractivity contribution in [1.29, 1.82) is 0 Å². The molecule has 0 saturated carbocycles. The van der Waals surface area contributed by atoms with Crippen LogP contribution < -0.4 is 0 Å². The van der Waals surface area contributed by atoms with Crippen LogP contribution in [0.2, 0.25) is 0 Å². The molecule has 0 aromatic heterocycles. The molecule has 0 spiro atoms. The Balaban J connectivity index is 3.72. The van der Waals surface area contributed by atoms with Crippen molar-refractivity contribution in [2.45, 2.75) is 39.7 Å². The van der Waals surface area contributed by atoms with E-state index in [0.717, 1.165) is 12.8 Å². The summed E-state index contributed by atoms with van der Waals surface area (Å²) in [6.45, 7) is 13.7. The van der Waals surface area contributed by atoms with Crippen molar-refractivity contribution in [3.05, 3.63) is 23.8 Å². The van der Waals surface area contributed by atoms with Crippen LogP contribution in [0.3, 0.4) is 0 Å². The third-order valence-electron chi connectivity index (χ3n) is 1.88. The molecule has 0 rings (SSSR count). The highest BCUT2D eigenvalue weighted by Crippen LogP contribution is 2.11. The van der Waals surface area contributed by atoms with Crippen LogP contribution in [0.15, 0.2) is 28.8 Å². The van der Waals surface area contributed by atoms with Crippen LogP contribution in [0.5, 0.6) is 0 Å². The van der Waals surface area contributed by atoms with Gasteiger partial charge in [0.2, 0.25) is 0 Å². The lowest BCUT2D eigenvalue weighted by atomic mass is 10.1. The summed E-state index contributed by atoms with van der Waals surface area (Å²) in [5.74, 6) is 0. The fourth-order valence-electron chi connectivity index (χ4n) is 0.884. The monoisotopic (exact) mass is 165 g/mol. The summed E-state index contributed by atoms with van der Waals surface area (Å²) in [6, 6.07) is 0.204. The summed E-state index contributed by atoms with van der Waals surface area (Å²) in [7, 11) is 0. The van der Waals surface area contributed by atoms with Gasteiger partial charge in [-0.15, -0.1) is 0 Å². The smallest absolute Gasteiger partial charge is 0.0671 e. The number of nitrogens with zero attached hydrogens (tertiary/aromatic N) is 1. The minimum absolute atomic E-state index is 0.204. The van der Waals surface area contributed by atoms with Crippen molar-refractivity contribution in [2.75, 3.05) is 0 Å². The number of allylic oxidation sites excluding steroid dienone is 2. The van der Waals surface area contributed by atoms with Gasteiger partial charge in [0.05, 0.1) is 6.04 Å². The molecule has 0 bridgehead atoms. The number of aliphatic imine (C=N–C) groups is 1. The molecule has 0 radical (unpaired) electrons. The van der Waals surface area contributed by atoms with Crippen LogP contribution in [0, 0.1) is 0 Å². The maximum atomic E-state index is 3.96. The predicted octanol–water partition coefficient (Wildman–Crippen LogP) is 3.38. The van der Waals surface area contributed by atoms with Crippen molar-refractivity contribution in [3.63, 3.8) is 0 Å². The van der Waals surface area contributed by atoms with E-state index in [1.165, 1.54) is 11.1 Å². The van der Waals surface area contributed by atoms with E-state index >= 15 is 0 Å². The lowest BCUT2D eigenvalue weighted by Crippen LogP contribution is -2.00. The molecular formula is C11H19N. The van der Waals surface area contributed by atoms with Crippen LogP contribution in [-0.2, 0) is 0 Å². The molecule has 68 valence electrons. The van der Waals surface area contributed by atoms with Gasteiger partial charge in [-0.2, -0.15) is 0 Å². The molecule has 0 fully saturated rings. The third kappa shape index (κ3) is 4.89. The van der Waals surface area contributed by atoms with Crippen molar-refractivity contribution in [2.24, 2.45) is 4.99 Å². The standard InChI is InChI=1S/C11H19N/c1-9(2)7-6-8-10(3)11(4)12-5/h7,11H,3,5-6,8H2,1-2,4H3. The van der Waals surface area contributed by atoms with Gasteiger partial charge in [-0.05, 0) is 40.3 Å². The summed E-state index contributed by atoms with van der Waals surface area (Å²) in [4.78, 5) is 3.92. The van der Waals surface area contributed by atoms with Gasteiger partial charge in [-0.3, -0.25) is 4.99 Å². The largest absolute Gasteiger partial charge is 0.294 e. The molecule has 0 N–H and O–H groups in total. The molecule has 0 aliphatic heterocycles. The summed E-state index contributed by atoms with van der Waals surface area (Å²) in [6.07, 6.45) is 4.31. The Labute approximate surface area is 75.9 Å². The quantitative estimate of drug-likeness (QED) is 0.437. The summed E-state index contributed by atoms with van der Waals surface area (Å²) in [5.41, 5.74) is 2.53. The van der Waals surface area contributed by atoms with Crippen molar-refractivity contribution < 1.29 is 0 Å². The minimum Gasteiger partial charge on any atom is -0.294 e. The Kier molecular flexibility index (Phi) is 5.35. The number of rotatable bonds is 5. The second-order valence-electron chi connectivity index (χ2n) is 3.34. The summed E-state index contributed by atoms with van der Waals surface area (Å²) in [5, 5.41) is 0. The third-order valence-corrected chi connectivity index (χ3v) is 1.88. The fourth-order valence-corrected chi connectivity index (χ4v) is 0.884. The normalized spacial score (nSPS) is 11.9. The molecule has 0 aliphatic carbocycles. The second kappa shape index (κ2) is 5.76. The predicted molar refractivity (Wildman–Crippen MR) is 56.8 cm³/mol. The van der Waals surface area contributed by atoms with Crippen LogP contribution in [0.1, 0.15) is 33.6 Å². The van der Waals surface area contributed by atoms with Crippen LogP contribution in [0.25, 0.3) is 0 Å². The molecule has 0 aromatic carbocycles. The Bertz CT molecular complexity index is 185. The summed E-state index contributed by atoms with van der Waals surface area (Å²) >= 11 is 0. The highest BCUT2D eigenvalue weighted by molar-refractivity contribution is 5.26. The molecule has 1 nitrogen and oxygen atoms in total. The fraction of sp³-hybridized carbons (Fsp3) is 0.545. The average Bonchev–Trinajstić information content (AvgIpc) is 2.02. The van der Waals surface area contributed by atoms with Crippen molar-refractivity contribution in [1.82, 2.24) is 0 Å².